The average Bonchev–Trinajstić information content (AvgIpc) is 2.53. The smallest absolute Gasteiger partial charge is 0.255 e. The van der Waals surface area contributed by atoms with E-state index < -0.39 is 0 Å². The van der Waals surface area contributed by atoms with Gasteiger partial charge in [-0.25, -0.2) is 0 Å². The molecule has 4 heteroatoms. The lowest BCUT2D eigenvalue weighted by molar-refractivity contribution is 0.102. The van der Waals surface area contributed by atoms with E-state index in [1.807, 2.05) is 18.2 Å². The minimum atomic E-state index is -0.125. The molecule has 22 heavy (non-hydrogen) atoms. The fraction of sp³-hybridized carbons (Fsp3) is 0.278. The Bertz CT molecular complexity index is 618. The molecule has 0 aromatic heterocycles. The maximum absolute atomic E-state index is 12.2. The second-order valence-corrected chi connectivity index (χ2v) is 5.24. The zero-order chi connectivity index (χ0) is 15.9. The van der Waals surface area contributed by atoms with E-state index in [0.29, 0.717) is 11.3 Å². The van der Waals surface area contributed by atoms with Crippen LogP contribution < -0.4 is 11.1 Å². The lowest BCUT2D eigenvalue weighted by Crippen LogP contribution is -2.22. The van der Waals surface area contributed by atoms with Crippen LogP contribution in [0.2, 0.25) is 0 Å². The number of hydrogen-bond acceptors (Lipinski definition) is 3. The number of rotatable bonds is 6. The number of carbonyl (C=O) groups excluding carboxylic acids is 1. The van der Waals surface area contributed by atoms with Crippen LogP contribution in [0.3, 0.4) is 0 Å². The van der Waals surface area contributed by atoms with Gasteiger partial charge in [-0.1, -0.05) is 26.0 Å². The number of nitrogens with one attached hydrogen (secondary N) is 1. The van der Waals surface area contributed by atoms with E-state index in [1.165, 1.54) is 5.56 Å². The maximum Gasteiger partial charge on any atom is 0.255 e. The molecule has 0 unspecified atom stereocenters. The maximum atomic E-state index is 12.2. The molecular weight excluding hydrogens is 274 g/mol. The van der Waals surface area contributed by atoms with Crippen molar-refractivity contribution in [3.8, 4) is 0 Å². The molecule has 0 aliphatic rings. The van der Waals surface area contributed by atoms with Crippen molar-refractivity contribution in [3.63, 3.8) is 0 Å². The van der Waals surface area contributed by atoms with Gasteiger partial charge in [-0.15, -0.1) is 0 Å². The van der Waals surface area contributed by atoms with Crippen molar-refractivity contribution in [1.29, 1.82) is 0 Å². The van der Waals surface area contributed by atoms with E-state index >= 15 is 0 Å². The number of hydrogen-bond donors (Lipinski definition) is 2. The van der Waals surface area contributed by atoms with Gasteiger partial charge in [0.1, 0.15) is 0 Å². The first-order chi connectivity index (χ1) is 10.6. The highest BCUT2D eigenvalue weighted by Crippen LogP contribution is 2.14. The van der Waals surface area contributed by atoms with Crippen LogP contribution in [-0.2, 0) is 6.54 Å². The first-order valence-electron chi connectivity index (χ1n) is 7.60. The van der Waals surface area contributed by atoms with E-state index in [9.17, 15) is 4.79 Å². The third kappa shape index (κ3) is 4.33. The predicted octanol–water partition coefficient (Wildman–Crippen LogP) is 3.36. The normalized spacial score (nSPS) is 10.7. The SMILES string of the molecule is CCN(CC)Cc1cccc(NC(=O)c2ccc(N)cc2)c1. The summed E-state index contributed by atoms with van der Waals surface area (Å²) in [6.45, 7) is 7.21. The summed E-state index contributed by atoms with van der Waals surface area (Å²) in [6.07, 6.45) is 0. The van der Waals surface area contributed by atoms with E-state index in [2.05, 4.69) is 30.1 Å². The number of nitrogen functional groups attached to an aromatic ring is 1. The largest absolute Gasteiger partial charge is 0.399 e. The molecule has 0 saturated heterocycles. The summed E-state index contributed by atoms with van der Waals surface area (Å²) >= 11 is 0. The second kappa shape index (κ2) is 7.61. The Labute approximate surface area is 131 Å². The molecule has 3 N–H and O–H groups in total. The van der Waals surface area contributed by atoms with Gasteiger partial charge in [-0.3, -0.25) is 9.69 Å². The Kier molecular flexibility index (Phi) is 5.55. The number of carbonyl (C=O) groups is 1. The standard InChI is InChI=1S/C18H23N3O/c1-3-21(4-2)13-14-6-5-7-17(12-14)20-18(22)15-8-10-16(19)11-9-15/h5-12H,3-4,13,19H2,1-2H3,(H,20,22). The van der Waals surface area contributed by atoms with E-state index in [0.717, 1.165) is 25.3 Å². The lowest BCUT2D eigenvalue weighted by Gasteiger charge is -2.18. The summed E-state index contributed by atoms with van der Waals surface area (Å²) in [5.41, 5.74) is 8.89. The number of benzene rings is 2. The van der Waals surface area contributed by atoms with E-state index in [-0.39, 0.29) is 5.91 Å². The second-order valence-electron chi connectivity index (χ2n) is 5.24. The van der Waals surface area contributed by atoms with Crippen molar-refractivity contribution in [2.45, 2.75) is 20.4 Å². The van der Waals surface area contributed by atoms with Gasteiger partial charge >= 0.3 is 0 Å². The minimum Gasteiger partial charge on any atom is -0.399 e. The van der Waals surface area contributed by atoms with Crippen molar-refractivity contribution in [1.82, 2.24) is 4.90 Å². The fourth-order valence-electron chi connectivity index (χ4n) is 2.29. The average molecular weight is 297 g/mol. The molecule has 0 bridgehead atoms. The molecule has 0 spiro atoms. The fourth-order valence-corrected chi connectivity index (χ4v) is 2.29. The van der Waals surface area contributed by atoms with Crippen LogP contribution in [0, 0.1) is 0 Å². The number of nitrogens with zero attached hydrogens (tertiary/aromatic N) is 1. The Balaban J connectivity index is 2.06. The monoisotopic (exact) mass is 297 g/mol. The van der Waals surface area contributed by atoms with Gasteiger partial charge in [0.15, 0.2) is 0 Å². The number of amides is 1. The highest BCUT2D eigenvalue weighted by molar-refractivity contribution is 6.04. The van der Waals surface area contributed by atoms with E-state index in [4.69, 9.17) is 5.73 Å². The Hall–Kier alpha value is -2.33. The van der Waals surface area contributed by atoms with Crippen LogP contribution in [0.4, 0.5) is 11.4 Å². The molecule has 2 aromatic carbocycles. The molecule has 2 rings (SSSR count). The summed E-state index contributed by atoms with van der Waals surface area (Å²) < 4.78 is 0. The van der Waals surface area contributed by atoms with Gasteiger partial charge in [-0.2, -0.15) is 0 Å². The third-order valence-electron chi connectivity index (χ3n) is 3.66. The number of nitrogens with two attached hydrogens (primary N) is 1. The van der Waals surface area contributed by atoms with E-state index in [1.54, 1.807) is 24.3 Å². The molecule has 0 aliphatic heterocycles. The van der Waals surface area contributed by atoms with Gasteiger partial charge in [-0.05, 0) is 55.1 Å². The first kappa shape index (κ1) is 16.0. The number of anilines is 2. The first-order valence-corrected chi connectivity index (χ1v) is 7.60. The lowest BCUT2D eigenvalue weighted by atomic mass is 10.1. The Morgan fingerprint density at radius 3 is 2.41 bits per heavy atom. The highest BCUT2D eigenvalue weighted by atomic mass is 16.1. The van der Waals surface area contributed by atoms with Crippen molar-refractivity contribution in [2.75, 3.05) is 24.1 Å². The molecule has 0 heterocycles. The Morgan fingerprint density at radius 1 is 1.09 bits per heavy atom. The van der Waals surface area contributed by atoms with Gasteiger partial charge < -0.3 is 11.1 Å². The van der Waals surface area contributed by atoms with Crippen LogP contribution in [0.1, 0.15) is 29.8 Å². The van der Waals surface area contributed by atoms with Gasteiger partial charge in [0.05, 0.1) is 0 Å². The summed E-state index contributed by atoms with van der Waals surface area (Å²) in [4.78, 5) is 14.5. The summed E-state index contributed by atoms with van der Waals surface area (Å²) in [5.74, 6) is -0.125. The summed E-state index contributed by atoms with van der Waals surface area (Å²) in [7, 11) is 0. The van der Waals surface area contributed by atoms with Crippen LogP contribution in [-0.4, -0.2) is 23.9 Å². The van der Waals surface area contributed by atoms with Crippen molar-refractivity contribution in [3.05, 3.63) is 59.7 Å². The van der Waals surface area contributed by atoms with Crippen LogP contribution >= 0.6 is 0 Å². The van der Waals surface area contributed by atoms with Crippen LogP contribution in [0.5, 0.6) is 0 Å². The zero-order valence-electron chi connectivity index (χ0n) is 13.2. The molecule has 4 nitrogen and oxygen atoms in total. The van der Waals surface area contributed by atoms with Crippen molar-refractivity contribution < 1.29 is 4.79 Å². The van der Waals surface area contributed by atoms with Gasteiger partial charge in [0.2, 0.25) is 0 Å². The summed E-state index contributed by atoms with van der Waals surface area (Å²) in [5, 5.41) is 2.93. The minimum absolute atomic E-state index is 0.125. The zero-order valence-corrected chi connectivity index (χ0v) is 13.2. The molecular formula is C18H23N3O. The van der Waals surface area contributed by atoms with Crippen LogP contribution in [0.15, 0.2) is 48.5 Å². The molecule has 0 aliphatic carbocycles. The molecule has 116 valence electrons. The molecule has 0 fully saturated rings. The molecule has 0 saturated carbocycles. The van der Waals surface area contributed by atoms with Gasteiger partial charge in [0.25, 0.3) is 5.91 Å². The van der Waals surface area contributed by atoms with Crippen molar-refractivity contribution >= 4 is 17.3 Å². The van der Waals surface area contributed by atoms with Gasteiger partial charge in [0, 0.05) is 23.5 Å². The highest BCUT2D eigenvalue weighted by Gasteiger charge is 2.07. The van der Waals surface area contributed by atoms with Crippen LogP contribution in [0.25, 0.3) is 0 Å². The molecule has 0 radical (unpaired) electrons. The topological polar surface area (TPSA) is 58.4 Å². The molecule has 0 atom stereocenters. The van der Waals surface area contributed by atoms with Crippen molar-refractivity contribution in [2.24, 2.45) is 0 Å². The predicted molar refractivity (Wildman–Crippen MR) is 91.9 cm³/mol. The molecule has 2 aromatic rings. The summed E-state index contributed by atoms with van der Waals surface area (Å²) in [6, 6.07) is 14.9. The third-order valence-corrected chi connectivity index (χ3v) is 3.66. The Morgan fingerprint density at radius 2 is 1.77 bits per heavy atom. The quantitative estimate of drug-likeness (QED) is 0.804. The molecule has 1 amide bonds.